The van der Waals surface area contributed by atoms with Crippen molar-refractivity contribution >= 4 is 0 Å². The van der Waals surface area contributed by atoms with E-state index in [9.17, 15) is 0 Å². The molecule has 0 saturated carbocycles. The van der Waals surface area contributed by atoms with Crippen molar-refractivity contribution in [2.45, 2.75) is 19.8 Å². The lowest BCUT2D eigenvalue weighted by molar-refractivity contribution is 0.106. The van der Waals surface area contributed by atoms with E-state index < -0.39 is 0 Å². The predicted molar refractivity (Wildman–Crippen MR) is 82.7 cm³/mol. The quantitative estimate of drug-likeness (QED) is 0.688. The van der Waals surface area contributed by atoms with Crippen LogP contribution in [0.25, 0.3) is 0 Å². The molecule has 0 fully saturated rings. The smallest absolute Gasteiger partial charge is 0.0949 e. The summed E-state index contributed by atoms with van der Waals surface area (Å²) in [5.41, 5.74) is 3.69. The summed E-state index contributed by atoms with van der Waals surface area (Å²) in [5, 5.41) is 0. The average molecular weight is 278 g/mol. The van der Waals surface area contributed by atoms with E-state index in [1.807, 2.05) is 30.7 Å². The van der Waals surface area contributed by atoms with Crippen LogP contribution in [-0.4, -0.2) is 9.55 Å². The third-order valence-electron chi connectivity index (χ3n) is 3.40. The van der Waals surface area contributed by atoms with E-state index in [-0.39, 0.29) is 0 Å². The van der Waals surface area contributed by atoms with E-state index >= 15 is 0 Å². The van der Waals surface area contributed by atoms with Gasteiger partial charge in [-0.3, -0.25) is 0 Å². The first-order valence-corrected chi connectivity index (χ1v) is 7.06. The third kappa shape index (κ3) is 3.80. The van der Waals surface area contributed by atoms with Gasteiger partial charge in [0.15, 0.2) is 0 Å². The van der Waals surface area contributed by atoms with Gasteiger partial charge in [-0.1, -0.05) is 54.6 Å². The molecule has 1 heterocycles. The largest absolute Gasteiger partial charge is 0.372 e. The fourth-order valence-corrected chi connectivity index (χ4v) is 2.28. The van der Waals surface area contributed by atoms with E-state index in [4.69, 9.17) is 4.74 Å². The van der Waals surface area contributed by atoms with E-state index in [0.717, 1.165) is 6.54 Å². The first kappa shape index (κ1) is 13.6. The van der Waals surface area contributed by atoms with Crippen LogP contribution in [0.5, 0.6) is 0 Å². The van der Waals surface area contributed by atoms with Crippen LogP contribution < -0.4 is 0 Å². The summed E-state index contributed by atoms with van der Waals surface area (Å²) >= 11 is 0. The predicted octanol–water partition coefficient (Wildman–Crippen LogP) is 3.65. The second kappa shape index (κ2) is 6.86. The molecule has 1 aromatic heterocycles. The Kier molecular flexibility index (Phi) is 4.44. The minimum Gasteiger partial charge on any atom is -0.372 e. The molecular weight excluding hydrogens is 260 g/mol. The first-order chi connectivity index (χ1) is 10.4. The molecule has 0 bridgehead atoms. The van der Waals surface area contributed by atoms with Crippen LogP contribution in [-0.2, 0) is 24.5 Å². The Hall–Kier alpha value is -2.39. The Bertz CT molecular complexity index is 663. The van der Waals surface area contributed by atoms with Crippen molar-refractivity contribution < 1.29 is 4.74 Å². The molecule has 0 aliphatic carbocycles. The lowest BCUT2D eigenvalue weighted by Gasteiger charge is -2.11. The number of aromatic nitrogens is 2. The molecule has 3 nitrogen and oxygen atoms in total. The van der Waals surface area contributed by atoms with Gasteiger partial charge in [-0.25, -0.2) is 4.98 Å². The molecule has 3 aromatic rings. The van der Waals surface area contributed by atoms with Crippen LogP contribution in [0, 0.1) is 0 Å². The van der Waals surface area contributed by atoms with Gasteiger partial charge in [0, 0.05) is 18.9 Å². The van der Waals surface area contributed by atoms with Crippen molar-refractivity contribution in [2.75, 3.05) is 0 Å². The molecule has 0 unspecified atom stereocenters. The minimum absolute atomic E-state index is 0.625. The summed E-state index contributed by atoms with van der Waals surface area (Å²) in [4.78, 5) is 4.08. The molecule has 3 heteroatoms. The SMILES string of the molecule is c1ccc(COCc2ccccc2Cn2ccnc2)cc1. The zero-order chi connectivity index (χ0) is 14.3. The summed E-state index contributed by atoms with van der Waals surface area (Å²) in [6.07, 6.45) is 5.61. The molecule has 106 valence electrons. The maximum Gasteiger partial charge on any atom is 0.0949 e. The van der Waals surface area contributed by atoms with E-state index in [2.05, 4.69) is 45.9 Å². The second-order valence-corrected chi connectivity index (χ2v) is 4.98. The maximum atomic E-state index is 5.84. The molecule has 0 aliphatic rings. The number of rotatable bonds is 6. The maximum absolute atomic E-state index is 5.84. The third-order valence-corrected chi connectivity index (χ3v) is 3.40. The van der Waals surface area contributed by atoms with Gasteiger partial charge < -0.3 is 9.30 Å². The molecule has 0 radical (unpaired) electrons. The number of hydrogen-bond donors (Lipinski definition) is 0. The van der Waals surface area contributed by atoms with Gasteiger partial charge in [0.2, 0.25) is 0 Å². The zero-order valence-electron chi connectivity index (χ0n) is 11.9. The van der Waals surface area contributed by atoms with Crippen molar-refractivity contribution in [1.82, 2.24) is 9.55 Å². The highest BCUT2D eigenvalue weighted by molar-refractivity contribution is 5.27. The second-order valence-electron chi connectivity index (χ2n) is 4.98. The van der Waals surface area contributed by atoms with Crippen LogP contribution in [0.15, 0.2) is 73.3 Å². The summed E-state index contributed by atoms with van der Waals surface area (Å²) in [6.45, 7) is 2.09. The first-order valence-electron chi connectivity index (χ1n) is 7.06. The van der Waals surface area contributed by atoms with Crippen molar-refractivity contribution in [3.63, 3.8) is 0 Å². The monoisotopic (exact) mass is 278 g/mol. The highest BCUT2D eigenvalue weighted by Crippen LogP contribution is 2.13. The van der Waals surface area contributed by atoms with Crippen molar-refractivity contribution in [2.24, 2.45) is 0 Å². The van der Waals surface area contributed by atoms with Crippen LogP contribution >= 0.6 is 0 Å². The van der Waals surface area contributed by atoms with Gasteiger partial charge >= 0.3 is 0 Å². The Labute approximate surface area is 124 Å². The van der Waals surface area contributed by atoms with E-state index in [0.29, 0.717) is 13.2 Å². The number of hydrogen-bond acceptors (Lipinski definition) is 2. The highest BCUT2D eigenvalue weighted by atomic mass is 16.5. The van der Waals surface area contributed by atoms with Gasteiger partial charge in [0.25, 0.3) is 0 Å². The average Bonchev–Trinajstić information content (AvgIpc) is 3.03. The van der Waals surface area contributed by atoms with Gasteiger partial charge in [0.05, 0.1) is 19.5 Å². The summed E-state index contributed by atoms with van der Waals surface area (Å²) in [7, 11) is 0. The van der Waals surface area contributed by atoms with Gasteiger partial charge in [-0.2, -0.15) is 0 Å². The summed E-state index contributed by atoms with van der Waals surface area (Å²) in [5.74, 6) is 0. The minimum atomic E-state index is 0.625. The molecule has 0 saturated heterocycles. The van der Waals surface area contributed by atoms with Gasteiger partial charge in [-0.15, -0.1) is 0 Å². The summed E-state index contributed by atoms with van der Waals surface area (Å²) < 4.78 is 7.91. The molecule has 21 heavy (non-hydrogen) atoms. The van der Waals surface area contributed by atoms with Gasteiger partial charge in [0.1, 0.15) is 0 Å². The zero-order valence-corrected chi connectivity index (χ0v) is 11.9. The van der Waals surface area contributed by atoms with Crippen LogP contribution in [0.1, 0.15) is 16.7 Å². The Morgan fingerprint density at radius 2 is 1.62 bits per heavy atom. The molecule has 0 aliphatic heterocycles. The van der Waals surface area contributed by atoms with E-state index in [1.165, 1.54) is 16.7 Å². The number of benzene rings is 2. The molecule has 2 aromatic carbocycles. The molecule has 0 spiro atoms. The van der Waals surface area contributed by atoms with Crippen LogP contribution in [0.3, 0.4) is 0 Å². The molecule has 0 N–H and O–H groups in total. The normalized spacial score (nSPS) is 10.7. The Balaban J connectivity index is 1.62. The lowest BCUT2D eigenvalue weighted by atomic mass is 10.1. The van der Waals surface area contributed by atoms with Crippen molar-refractivity contribution in [1.29, 1.82) is 0 Å². The Morgan fingerprint density at radius 1 is 0.857 bits per heavy atom. The molecule has 0 atom stereocenters. The number of ether oxygens (including phenoxy) is 1. The van der Waals surface area contributed by atoms with E-state index in [1.54, 1.807) is 6.20 Å². The van der Waals surface area contributed by atoms with Gasteiger partial charge in [-0.05, 0) is 16.7 Å². The fourth-order valence-electron chi connectivity index (χ4n) is 2.28. The number of nitrogens with zero attached hydrogens (tertiary/aromatic N) is 2. The fraction of sp³-hybridized carbons (Fsp3) is 0.167. The molecule has 0 amide bonds. The van der Waals surface area contributed by atoms with Crippen molar-refractivity contribution in [3.8, 4) is 0 Å². The standard InChI is InChI=1S/C18H18N2O/c1-2-6-16(7-3-1)13-21-14-18-9-5-4-8-17(18)12-20-11-10-19-15-20/h1-11,15H,12-14H2. The van der Waals surface area contributed by atoms with Crippen LogP contribution in [0.4, 0.5) is 0 Å². The van der Waals surface area contributed by atoms with Crippen molar-refractivity contribution in [3.05, 3.63) is 90.0 Å². The Morgan fingerprint density at radius 3 is 2.38 bits per heavy atom. The molecule has 3 rings (SSSR count). The summed E-state index contributed by atoms with van der Waals surface area (Å²) in [6, 6.07) is 18.6. The lowest BCUT2D eigenvalue weighted by Crippen LogP contribution is -2.03. The van der Waals surface area contributed by atoms with Crippen LogP contribution in [0.2, 0.25) is 0 Å². The molecular formula is C18H18N2O. The number of imidazole rings is 1. The topological polar surface area (TPSA) is 27.1 Å². The highest BCUT2D eigenvalue weighted by Gasteiger charge is 2.03.